The molecule has 0 fully saturated rings. The van der Waals surface area contributed by atoms with Gasteiger partial charge in [-0.15, -0.1) is 0 Å². The number of aryl methyl sites for hydroxylation is 1. The van der Waals surface area contributed by atoms with Crippen molar-refractivity contribution < 1.29 is 19.1 Å². The monoisotopic (exact) mass is 351 g/mol. The number of amides is 2. The number of rotatable bonds is 6. The van der Waals surface area contributed by atoms with E-state index in [0.717, 1.165) is 5.56 Å². The van der Waals surface area contributed by atoms with Crippen molar-refractivity contribution in [3.05, 3.63) is 59.7 Å². The topological polar surface area (TPSA) is 108 Å². The zero-order valence-corrected chi connectivity index (χ0v) is 14.1. The molecule has 0 aliphatic heterocycles. The summed E-state index contributed by atoms with van der Waals surface area (Å²) in [5.74, 6) is -1.53. The number of ether oxygens (including phenoxy) is 1. The quantitative estimate of drug-likeness (QED) is 0.778. The lowest BCUT2D eigenvalue weighted by molar-refractivity contribution is -0.119. The van der Waals surface area contributed by atoms with E-state index in [9.17, 15) is 14.4 Å². The fourth-order valence-corrected chi connectivity index (χ4v) is 2.10. The molecule has 0 aliphatic carbocycles. The molecule has 0 bridgehead atoms. The predicted octanol–water partition coefficient (Wildman–Crippen LogP) is 2.64. The van der Waals surface area contributed by atoms with Crippen LogP contribution in [0.4, 0.5) is 11.4 Å². The Hall–Kier alpha value is -3.66. The fraction of sp³-hybridized carbons (Fsp3) is 0.158. The van der Waals surface area contributed by atoms with Crippen LogP contribution in [0.15, 0.2) is 48.5 Å². The molecule has 0 aromatic heterocycles. The van der Waals surface area contributed by atoms with Crippen molar-refractivity contribution >= 4 is 29.2 Å². The van der Waals surface area contributed by atoms with Gasteiger partial charge in [-0.3, -0.25) is 9.59 Å². The highest BCUT2D eigenvalue weighted by Crippen LogP contribution is 2.12. The number of benzene rings is 2. The third-order valence-electron chi connectivity index (χ3n) is 3.28. The highest BCUT2D eigenvalue weighted by molar-refractivity contribution is 5.96. The van der Waals surface area contributed by atoms with Crippen LogP contribution in [0.2, 0.25) is 0 Å². The molecule has 0 saturated carbocycles. The van der Waals surface area contributed by atoms with E-state index < -0.39 is 24.4 Å². The highest BCUT2D eigenvalue weighted by atomic mass is 16.5. The summed E-state index contributed by atoms with van der Waals surface area (Å²) in [6.45, 7) is 1.50. The van der Waals surface area contributed by atoms with Gasteiger partial charge in [0.05, 0.1) is 11.6 Å². The zero-order chi connectivity index (χ0) is 18.9. The van der Waals surface area contributed by atoms with Crippen LogP contribution in [0, 0.1) is 18.3 Å². The first-order valence-corrected chi connectivity index (χ1v) is 7.78. The Morgan fingerprint density at radius 2 is 1.69 bits per heavy atom. The zero-order valence-electron chi connectivity index (χ0n) is 14.1. The normalized spacial score (nSPS) is 9.69. The molecule has 2 rings (SSSR count). The van der Waals surface area contributed by atoms with E-state index in [2.05, 4.69) is 10.6 Å². The van der Waals surface area contributed by atoms with Crippen molar-refractivity contribution in [3.8, 4) is 6.07 Å². The van der Waals surface area contributed by atoms with Gasteiger partial charge in [-0.1, -0.05) is 12.1 Å². The van der Waals surface area contributed by atoms with Crippen LogP contribution >= 0.6 is 0 Å². The lowest BCUT2D eigenvalue weighted by atomic mass is 10.2. The van der Waals surface area contributed by atoms with Crippen molar-refractivity contribution in [2.45, 2.75) is 13.3 Å². The summed E-state index contributed by atoms with van der Waals surface area (Å²) in [6, 6.07) is 15.0. The summed E-state index contributed by atoms with van der Waals surface area (Å²) in [4.78, 5) is 35.1. The van der Waals surface area contributed by atoms with Gasteiger partial charge in [-0.05, 0) is 48.9 Å². The van der Waals surface area contributed by atoms with E-state index in [1.165, 1.54) is 24.3 Å². The second-order valence-corrected chi connectivity index (χ2v) is 5.45. The van der Waals surface area contributed by atoms with Crippen molar-refractivity contribution in [3.63, 3.8) is 0 Å². The minimum Gasteiger partial charge on any atom is -0.452 e. The lowest BCUT2D eigenvalue weighted by Crippen LogP contribution is -2.21. The van der Waals surface area contributed by atoms with E-state index >= 15 is 0 Å². The average molecular weight is 351 g/mol. The van der Waals surface area contributed by atoms with E-state index in [1.54, 1.807) is 18.2 Å². The van der Waals surface area contributed by atoms with Gasteiger partial charge in [0, 0.05) is 11.4 Å². The summed E-state index contributed by atoms with van der Waals surface area (Å²) < 4.78 is 4.97. The van der Waals surface area contributed by atoms with Gasteiger partial charge in [0.1, 0.15) is 6.42 Å². The number of esters is 1. The van der Waals surface area contributed by atoms with Crippen LogP contribution in [-0.2, 0) is 14.3 Å². The molecule has 0 atom stereocenters. The molecule has 0 spiro atoms. The molecule has 132 valence electrons. The Balaban J connectivity index is 1.84. The second kappa shape index (κ2) is 8.99. The van der Waals surface area contributed by atoms with E-state index in [-0.39, 0.29) is 12.0 Å². The molecule has 26 heavy (non-hydrogen) atoms. The lowest BCUT2D eigenvalue weighted by Gasteiger charge is -2.08. The summed E-state index contributed by atoms with van der Waals surface area (Å²) in [5, 5.41) is 13.6. The Kier molecular flexibility index (Phi) is 6.46. The first-order chi connectivity index (χ1) is 12.5. The standard InChI is InChI=1S/C19H17N3O4/c1-13-3-2-4-16(11-13)22-18(24)12-26-19(25)14-5-7-15(8-6-14)21-17(23)9-10-20/h2-8,11H,9,12H2,1H3,(H,21,23)(H,22,24). The maximum atomic E-state index is 12.0. The smallest absolute Gasteiger partial charge is 0.338 e. The number of hydrogen-bond donors (Lipinski definition) is 2. The number of nitrogens with zero attached hydrogens (tertiary/aromatic N) is 1. The molecule has 0 unspecified atom stereocenters. The SMILES string of the molecule is Cc1cccc(NC(=O)COC(=O)c2ccc(NC(=O)CC#N)cc2)c1. The molecule has 0 saturated heterocycles. The third kappa shape index (κ3) is 5.76. The minimum absolute atomic E-state index is 0.242. The van der Waals surface area contributed by atoms with Crippen LogP contribution in [0.1, 0.15) is 22.3 Å². The predicted molar refractivity (Wildman–Crippen MR) is 95.4 cm³/mol. The Morgan fingerprint density at radius 1 is 1.00 bits per heavy atom. The number of carbonyl (C=O) groups excluding carboxylic acids is 3. The molecule has 0 aliphatic rings. The van der Waals surface area contributed by atoms with Crippen LogP contribution in [0.3, 0.4) is 0 Å². The van der Waals surface area contributed by atoms with Gasteiger partial charge in [-0.2, -0.15) is 5.26 Å². The van der Waals surface area contributed by atoms with Crippen LogP contribution in [-0.4, -0.2) is 24.4 Å². The van der Waals surface area contributed by atoms with Crippen molar-refractivity contribution in [1.29, 1.82) is 5.26 Å². The van der Waals surface area contributed by atoms with Crippen molar-refractivity contribution in [2.24, 2.45) is 0 Å². The number of hydrogen-bond acceptors (Lipinski definition) is 5. The molecule has 2 aromatic rings. The van der Waals surface area contributed by atoms with E-state index in [0.29, 0.717) is 11.4 Å². The Bertz CT molecular complexity index is 854. The average Bonchev–Trinajstić information content (AvgIpc) is 2.60. The maximum Gasteiger partial charge on any atom is 0.338 e. The summed E-state index contributed by atoms with van der Waals surface area (Å²) in [5.41, 5.74) is 2.33. The second-order valence-electron chi connectivity index (χ2n) is 5.45. The van der Waals surface area contributed by atoms with Gasteiger partial charge in [0.15, 0.2) is 6.61 Å². The van der Waals surface area contributed by atoms with Crippen LogP contribution in [0.25, 0.3) is 0 Å². The van der Waals surface area contributed by atoms with Gasteiger partial charge in [-0.25, -0.2) is 4.79 Å². The minimum atomic E-state index is -0.653. The molecule has 2 aromatic carbocycles. The molecular formula is C19H17N3O4. The van der Waals surface area contributed by atoms with Gasteiger partial charge in [0.25, 0.3) is 5.91 Å². The third-order valence-corrected chi connectivity index (χ3v) is 3.28. The van der Waals surface area contributed by atoms with E-state index in [1.807, 2.05) is 19.1 Å². The number of anilines is 2. The maximum absolute atomic E-state index is 12.0. The van der Waals surface area contributed by atoms with Gasteiger partial charge < -0.3 is 15.4 Å². The van der Waals surface area contributed by atoms with Gasteiger partial charge in [0.2, 0.25) is 5.91 Å². The number of carbonyl (C=O) groups is 3. The van der Waals surface area contributed by atoms with Gasteiger partial charge >= 0.3 is 5.97 Å². The number of nitrogens with one attached hydrogen (secondary N) is 2. The molecule has 0 radical (unpaired) electrons. The fourth-order valence-electron chi connectivity index (χ4n) is 2.10. The summed E-state index contributed by atoms with van der Waals surface area (Å²) >= 11 is 0. The highest BCUT2D eigenvalue weighted by Gasteiger charge is 2.11. The molecule has 7 nitrogen and oxygen atoms in total. The van der Waals surface area contributed by atoms with Crippen LogP contribution in [0.5, 0.6) is 0 Å². The molecule has 7 heteroatoms. The Labute approximate surface area is 150 Å². The molecule has 2 N–H and O–H groups in total. The molecule has 0 heterocycles. The molecule has 2 amide bonds. The Morgan fingerprint density at radius 3 is 2.35 bits per heavy atom. The van der Waals surface area contributed by atoms with Crippen molar-refractivity contribution in [1.82, 2.24) is 0 Å². The first kappa shape index (κ1) is 18.7. The largest absolute Gasteiger partial charge is 0.452 e. The summed E-state index contributed by atoms with van der Waals surface area (Å²) in [6.07, 6.45) is -0.250. The summed E-state index contributed by atoms with van der Waals surface area (Å²) in [7, 11) is 0. The van der Waals surface area contributed by atoms with E-state index in [4.69, 9.17) is 10.00 Å². The van der Waals surface area contributed by atoms with Crippen LogP contribution < -0.4 is 10.6 Å². The molecular weight excluding hydrogens is 334 g/mol. The number of nitriles is 1. The first-order valence-electron chi connectivity index (χ1n) is 7.78. The van der Waals surface area contributed by atoms with Crippen molar-refractivity contribution in [2.75, 3.05) is 17.2 Å².